The van der Waals surface area contributed by atoms with Gasteiger partial charge in [-0.2, -0.15) is 0 Å². The highest BCUT2D eigenvalue weighted by atomic mass is 28.5. The Bertz CT molecular complexity index is 1400. The summed E-state index contributed by atoms with van der Waals surface area (Å²) >= 11 is 0. The quantitative estimate of drug-likeness (QED) is 0.261. The molecule has 0 atom stereocenters. The van der Waals surface area contributed by atoms with E-state index in [1.165, 1.54) is 31.1 Å². The molecule has 0 spiro atoms. The van der Waals surface area contributed by atoms with Gasteiger partial charge in [0.1, 0.15) is 0 Å². The van der Waals surface area contributed by atoms with E-state index in [0.29, 0.717) is 0 Å². The van der Waals surface area contributed by atoms with Crippen molar-refractivity contribution < 1.29 is 0 Å². The van der Waals surface area contributed by atoms with Crippen LogP contribution in [0.15, 0.2) is 182 Å². The molecule has 0 saturated carbocycles. The van der Waals surface area contributed by atoms with Crippen LogP contribution in [0.1, 0.15) is 0 Å². The first-order valence-corrected chi connectivity index (χ1v) is 20.5. The Balaban J connectivity index is 1.64. The van der Waals surface area contributed by atoms with E-state index in [9.17, 15) is 0 Å². The van der Waals surface area contributed by atoms with Crippen LogP contribution in [0.3, 0.4) is 0 Å². The second-order valence-corrected chi connectivity index (χ2v) is 21.8. The van der Waals surface area contributed by atoms with E-state index in [-0.39, 0.29) is 0 Å². The highest BCUT2D eigenvalue weighted by molar-refractivity contribution is 7.26. The fourth-order valence-corrected chi connectivity index (χ4v) is 27.7. The molecule has 0 aliphatic carbocycles. The molecule has 6 aromatic carbocycles. The minimum Gasteiger partial charge on any atom is -0.322 e. The Morgan fingerprint density at radius 2 is 0.357 bits per heavy atom. The van der Waals surface area contributed by atoms with Crippen LogP contribution in [0.2, 0.25) is 0 Å². The van der Waals surface area contributed by atoms with Gasteiger partial charge >= 0.3 is 0 Å². The van der Waals surface area contributed by atoms with Crippen molar-refractivity contribution >= 4 is 56.3 Å². The van der Waals surface area contributed by atoms with E-state index in [0.717, 1.165) is 0 Å². The molecule has 3 N–H and O–H groups in total. The molecule has 1 heterocycles. The average Bonchev–Trinajstić information content (AvgIpc) is 3.10. The third kappa shape index (κ3) is 4.55. The van der Waals surface area contributed by atoms with Crippen molar-refractivity contribution in [1.29, 1.82) is 0 Å². The molecular formula is C36H33N3Si3. The highest BCUT2D eigenvalue weighted by Crippen LogP contribution is 2.17. The zero-order valence-electron chi connectivity index (χ0n) is 23.3. The Morgan fingerprint density at radius 1 is 0.214 bits per heavy atom. The summed E-state index contributed by atoms with van der Waals surface area (Å²) in [6.45, 7) is 0. The Kier molecular flexibility index (Phi) is 7.17. The summed E-state index contributed by atoms with van der Waals surface area (Å²) in [6, 6.07) is 66.7. The fraction of sp³-hybridized carbons (Fsp3) is 0. The lowest BCUT2D eigenvalue weighted by molar-refractivity contribution is 1.11. The van der Waals surface area contributed by atoms with Crippen molar-refractivity contribution in [3.8, 4) is 0 Å². The molecule has 0 unspecified atom stereocenters. The summed E-state index contributed by atoms with van der Waals surface area (Å²) in [5.41, 5.74) is 0. The van der Waals surface area contributed by atoms with Gasteiger partial charge < -0.3 is 13.9 Å². The number of hydrogen-bond acceptors (Lipinski definition) is 3. The first-order chi connectivity index (χ1) is 20.8. The van der Waals surface area contributed by atoms with Crippen molar-refractivity contribution in [3.05, 3.63) is 182 Å². The van der Waals surface area contributed by atoms with Crippen LogP contribution in [-0.2, 0) is 0 Å². The molecule has 1 fully saturated rings. The molecule has 1 saturated heterocycles. The van der Waals surface area contributed by atoms with Gasteiger partial charge in [0, 0.05) is 0 Å². The molecule has 204 valence electrons. The third-order valence-electron chi connectivity index (χ3n) is 8.37. The van der Waals surface area contributed by atoms with Crippen LogP contribution in [0.25, 0.3) is 0 Å². The van der Waals surface area contributed by atoms with E-state index in [1.807, 2.05) is 0 Å². The van der Waals surface area contributed by atoms with Gasteiger partial charge in [-0.05, 0) is 31.1 Å². The Hall–Kier alpha value is -4.15. The largest absolute Gasteiger partial charge is 0.322 e. The molecule has 6 heteroatoms. The standard InChI is InChI=1S/C36H33N3Si3/c1-7-19-31(20-8-1)40(32-21-9-2-10-22-32)37-41(33-23-11-3-12-24-33,34-25-13-4-14-26-34)39-42(38-40,35-27-15-5-16-28-35)36-29-17-6-18-30-36/h1-30,37-39H. The van der Waals surface area contributed by atoms with Crippen LogP contribution < -0.4 is 45.1 Å². The molecule has 42 heavy (non-hydrogen) atoms. The number of nitrogens with one attached hydrogen (secondary N) is 3. The molecule has 6 aromatic rings. The lowest BCUT2D eigenvalue weighted by atomic mass is 10.4. The van der Waals surface area contributed by atoms with Crippen LogP contribution in [0.5, 0.6) is 0 Å². The first-order valence-electron chi connectivity index (χ1n) is 14.5. The zero-order chi connectivity index (χ0) is 28.3. The average molecular weight is 592 g/mol. The lowest BCUT2D eigenvalue weighted by Crippen LogP contribution is -3.05. The summed E-state index contributed by atoms with van der Waals surface area (Å²) in [4.78, 5) is 0. The molecule has 3 nitrogen and oxygen atoms in total. The van der Waals surface area contributed by atoms with E-state index >= 15 is 0 Å². The van der Waals surface area contributed by atoms with Gasteiger partial charge in [0.25, 0.3) is 25.2 Å². The van der Waals surface area contributed by atoms with Gasteiger partial charge in [0.2, 0.25) is 0 Å². The molecule has 0 bridgehead atoms. The Labute approximate surface area is 251 Å². The van der Waals surface area contributed by atoms with Crippen LogP contribution in [0, 0.1) is 0 Å². The maximum absolute atomic E-state index is 4.53. The maximum Gasteiger partial charge on any atom is 0.257 e. The SMILES string of the molecule is c1ccc([Si]2(c3ccccc3)N[Si](c3ccccc3)(c3ccccc3)N[Si](c3ccccc3)(c3ccccc3)N2)cc1. The topological polar surface area (TPSA) is 36.1 Å². The van der Waals surface area contributed by atoms with E-state index in [1.54, 1.807) is 0 Å². The maximum atomic E-state index is 4.53. The molecule has 0 radical (unpaired) electrons. The Morgan fingerprint density at radius 3 is 0.500 bits per heavy atom. The normalized spacial score (nSPS) is 16.9. The minimum absolute atomic E-state index is 1.32. The molecular weight excluding hydrogens is 559 g/mol. The second kappa shape index (κ2) is 11.3. The molecule has 0 aromatic heterocycles. The first kappa shape index (κ1) is 26.7. The van der Waals surface area contributed by atoms with Gasteiger partial charge in [-0.25, -0.2) is 0 Å². The number of benzene rings is 6. The van der Waals surface area contributed by atoms with Crippen molar-refractivity contribution in [2.75, 3.05) is 0 Å². The van der Waals surface area contributed by atoms with Gasteiger partial charge in [0.15, 0.2) is 0 Å². The minimum atomic E-state index is -2.88. The summed E-state index contributed by atoms with van der Waals surface area (Å²) in [5.74, 6) is 0. The zero-order valence-corrected chi connectivity index (χ0v) is 26.3. The van der Waals surface area contributed by atoms with Crippen molar-refractivity contribution in [1.82, 2.24) is 13.9 Å². The van der Waals surface area contributed by atoms with Gasteiger partial charge in [-0.15, -0.1) is 0 Å². The summed E-state index contributed by atoms with van der Waals surface area (Å²) < 4.78 is 13.6. The smallest absolute Gasteiger partial charge is 0.257 e. The second-order valence-electron chi connectivity index (χ2n) is 10.8. The molecule has 1 aliphatic rings. The predicted octanol–water partition coefficient (Wildman–Crippen LogP) is 2.54. The molecule has 1 aliphatic heterocycles. The van der Waals surface area contributed by atoms with E-state index in [2.05, 4.69) is 196 Å². The van der Waals surface area contributed by atoms with Crippen LogP contribution in [0.4, 0.5) is 0 Å². The van der Waals surface area contributed by atoms with E-state index < -0.39 is 25.2 Å². The number of hydrogen-bond donors (Lipinski definition) is 3. The molecule has 0 amide bonds. The van der Waals surface area contributed by atoms with Crippen molar-refractivity contribution in [3.63, 3.8) is 0 Å². The van der Waals surface area contributed by atoms with E-state index in [4.69, 9.17) is 0 Å². The fourth-order valence-electron chi connectivity index (χ4n) is 6.43. The van der Waals surface area contributed by atoms with Gasteiger partial charge in [-0.1, -0.05) is 182 Å². The van der Waals surface area contributed by atoms with Crippen molar-refractivity contribution in [2.45, 2.75) is 0 Å². The van der Waals surface area contributed by atoms with Crippen molar-refractivity contribution in [2.24, 2.45) is 0 Å². The lowest BCUT2D eigenvalue weighted by Gasteiger charge is -2.56. The van der Waals surface area contributed by atoms with Crippen LogP contribution in [-0.4, -0.2) is 25.2 Å². The van der Waals surface area contributed by atoms with Gasteiger partial charge in [-0.3, -0.25) is 0 Å². The monoisotopic (exact) mass is 591 g/mol. The van der Waals surface area contributed by atoms with Gasteiger partial charge in [0.05, 0.1) is 0 Å². The number of rotatable bonds is 6. The highest BCUT2D eigenvalue weighted by Gasteiger charge is 2.61. The summed E-state index contributed by atoms with van der Waals surface area (Å²) in [7, 11) is -8.63. The summed E-state index contributed by atoms with van der Waals surface area (Å²) in [5, 5.41) is 7.95. The predicted molar refractivity (Wildman–Crippen MR) is 183 cm³/mol. The third-order valence-corrected chi connectivity index (χ3v) is 24.6. The van der Waals surface area contributed by atoms with Crippen LogP contribution >= 0.6 is 0 Å². The summed E-state index contributed by atoms with van der Waals surface area (Å²) in [6.07, 6.45) is 0. The molecule has 7 rings (SSSR count).